The Morgan fingerprint density at radius 3 is 2.71 bits per heavy atom. The molecule has 0 fully saturated rings. The van der Waals surface area contributed by atoms with Crippen LogP contribution in [-0.2, 0) is 0 Å². The number of rotatable bonds is 7. The lowest BCUT2D eigenvalue weighted by atomic mass is 10.1. The van der Waals surface area contributed by atoms with Crippen LogP contribution < -0.4 is 5.43 Å². The SMILES string of the molecule is CC(C)=CCCC(C)=CC=NNc1ccccc1[N+](=O)[O-]. The molecule has 0 radical (unpaired) electrons. The van der Waals surface area contributed by atoms with E-state index in [1.807, 2.05) is 13.0 Å². The average Bonchev–Trinajstić information content (AvgIpc) is 2.43. The summed E-state index contributed by atoms with van der Waals surface area (Å²) in [6.07, 6.45) is 7.70. The summed E-state index contributed by atoms with van der Waals surface area (Å²) in [5.41, 5.74) is 5.62. The zero-order chi connectivity index (χ0) is 15.7. The number of nitrogens with one attached hydrogen (secondary N) is 1. The number of benzene rings is 1. The van der Waals surface area contributed by atoms with Crippen LogP contribution in [0.25, 0.3) is 0 Å². The van der Waals surface area contributed by atoms with Crippen LogP contribution in [0.4, 0.5) is 11.4 Å². The Bertz CT molecular complexity index is 571. The summed E-state index contributed by atoms with van der Waals surface area (Å²) >= 11 is 0. The van der Waals surface area contributed by atoms with Gasteiger partial charge in [0.2, 0.25) is 0 Å². The van der Waals surface area contributed by atoms with Crippen molar-refractivity contribution in [2.24, 2.45) is 5.10 Å². The summed E-state index contributed by atoms with van der Waals surface area (Å²) in [6, 6.07) is 6.42. The van der Waals surface area contributed by atoms with Crippen molar-refractivity contribution >= 4 is 17.6 Å². The first-order chi connectivity index (χ1) is 10.0. The van der Waals surface area contributed by atoms with Crippen LogP contribution in [0.1, 0.15) is 33.6 Å². The van der Waals surface area contributed by atoms with Gasteiger partial charge < -0.3 is 0 Å². The molecule has 0 aromatic heterocycles. The monoisotopic (exact) mass is 287 g/mol. The number of hydrazone groups is 1. The molecule has 0 aliphatic rings. The van der Waals surface area contributed by atoms with Gasteiger partial charge in [-0.05, 0) is 45.8 Å². The second-order valence-electron chi connectivity index (χ2n) is 5.00. The Hall–Kier alpha value is -2.43. The normalized spacial score (nSPS) is 11.5. The van der Waals surface area contributed by atoms with Crippen molar-refractivity contribution in [2.75, 3.05) is 5.43 Å². The summed E-state index contributed by atoms with van der Waals surface area (Å²) in [6.45, 7) is 6.20. The van der Waals surface area contributed by atoms with Gasteiger partial charge in [0.1, 0.15) is 5.69 Å². The molecule has 0 heterocycles. The topological polar surface area (TPSA) is 67.5 Å². The van der Waals surface area contributed by atoms with Crippen molar-refractivity contribution in [2.45, 2.75) is 33.6 Å². The highest BCUT2D eigenvalue weighted by Gasteiger charge is 2.10. The van der Waals surface area contributed by atoms with Crippen LogP contribution in [0.2, 0.25) is 0 Å². The Kier molecular flexibility index (Phi) is 6.87. The fourth-order valence-corrected chi connectivity index (χ4v) is 1.67. The van der Waals surface area contributed by atoms with E-state index in [-0.39, 0.29) is 5.69 Å². The van der Waals surface area contributed by atoms with Crippen molar-refractivity contribution < 1.29 is 4.92 Å². The highest BCUT2D eigenvalue weighted by molar-refractivity contribution is 5.73. The van der Waals surface area contributed by atoms with E-state index >= 15 is 0 Å². The third-order valence-corrected chi connectivity index (χ3v) is 2.81. The molecule has 0 saturated heterocycles. The minimum Gasteiger partial charge on any atom is -0.272 e. The van der Waals surface area contributed by atoms with E-state index in [9.17, 15) is 10.1 Å². The lowest BCUT2D eigenvalue weighted by Gasteiger charge is -2.00. The largest absolute Gasteiger partial charge is 0.294 e. The van der Waals surface area contributed by atoms with E-state index in [0.29, 0.717) is 5.69 Å². The lowest BCUT2D eigenvalue weighted by Crippen LogP contribution is -1.95. The zero-order valence-electron chi connectivity index (χ0n) is 12.7. The molecule has 1 rings (SSSR count). The van der Waals surface area contributed by atoms with Gasteiger partial charge in [0, 0.05) is 12.3 Å². The maximum Gasteiger partial charge on any atom is 0.294 e. The molecule has 1 N–H and O–H groups in total. The van der Waals surface area contributed by atoms with E-state index in [0.717, 1.165) is 12.8 Å². The first kappa shape index (κ1) is 16.6. The minimum absolute atomic E-state index is 0.0129. The summed E-state index contributed by atoms with van der Waals surface area (Å²) in [4.78, 5) is 10.4. The van der Waals surface area contributed by atoms with E-state index in [1.165, 1.54) is 17.2 Å². The number of para-hydroxylation sites is 2. The first-order valence-electron chi connectivity index (χ1n) is 6.82. The van der Waals surface area contributed by atoms with Crippen LogP contribution in [0, 0.1) is 10.1 Å². The molecule has 0 saturated carbocycles. The molecule has 0 atom stereocenters. The molecule has 0 spiro atoms. The number of nitrogens with zero attached hydrogens (tertiary/aromatic N) is 2. The number of nitro benzene ring substituents is 1. The third-order valence-electron chi connectivity index (χ3n) is 2.81. The van der Waals surface area contributed by atoms with Crippen LogP contribution in [-0.4, -0.2) is 11.1 Å². The quantitative estimate of drug-likeness (QED) is 0.342. The summed E-state index contributed by atoms with van der Waals surface area (Å²) in [5, 5.41) is 14.8. The molecule has 0 aliphatic carbocycles. The molecule has 0 aliphatic heterocycles. The highest BCUT2D eigenvalue weighted by Crippen LogP contribution is 2.22. The van der Waals surface area contributed by atoms with Gasteiger partial charge >= 0.3 is 0 Å². The fourth-order valence-electron chi connectivity index (χ4n) is 1.67. The predicted octanol–water partition coefficient (Wildman–Crippen LogP) is 4.69. The number of hydrogen-bond donors (Lipinski definition) is 1. The maximum atomic E-state index is 10.8. The zero-order valence-corrected chi connectivity index (χ0v) is 12.7. The van der Waals surface area contributed by atoms with Crippen molar-refractivity contribution in [3.63, 3.8) is 0 Å². The number of allylic oxidation sites excluding steroid dienone is 4. The van der Waals surface area contributed by atoms with Crippen molar-refractivity contribution in [1.29, 1.82) is 0 Å². The van der Waals surface area contributed by atoms with Gasteiger partial charge in [0.15, 0.2) is 0 Å². The molecule has 0 bridgehead atoms. The molecule has 1 aromatic carbocycles. The number of hydrogen-bond acceptors (Lipinski definition) is 4. The Morgan fingerprint density at radius 1 is 1.33 bits per heavy atom. The van der Waals surface area contributed by atoms with Crippen LogP contribution in [0.3, 0.4) is 0 Å². The van der Waals surface area contributed by atoms with Gasteiger partial charge in [-0.2, -0.15) is 5.10 Å². The van der Waals surface area contributed by atoms with E-state index in [1.54, 1.807) is 24.4 Å². The molecule has 5 heteroatoms. The second-order valence-corrected chi connectivity index (χ2v) is 5.00. The average molecular weight is 287 g/mol. The van der Waals surface area contributed by atoms with Crippen molar-refractivity contribution in [1.82, 2.24) is 0 Å². The van der Waals surface area contributed by atoms with Gasteiger partial charge in [-0.1, -0.05) is 29.4 Å². The molecule has 21 heavy (non-hydrogen) atoms. The van der Waals surface area contributed by atoms with Gasteiger partial charge in [0.25, 0.3) is 5.69 Å². The predicted molar refractivity (Wildman–Crippen MR) is 87.6 cm³/mol. The smallest absolute Gasteiger partial charge is 0.272 e. The Labute approximate surface area is 125 Å². The Morgan fingerprint density at radius 2 is 2.05 bits per heavy atom. The van der Waals surface area contributed by atoms with Crippen molar-refractivity contribution in [3.8, 4) is 0 Å². The lowest BCUT2D eigenvalue weighted by molar-refractivity contribution is -0.384. The van der Waals surface area contributed by atoms with Crippen molar-refractivity contribution in [3.05, 3.63) is 57.7 Å². The second kappa shape index (κ2) is 8.68. The summed E-state index contributed by atoms with van der Waals surface area (Å²) in [7, 11) is 0. The van der Waals surface area contributed by atoms with Gasteiger partial charge in [0.05, 0.1) is 4.92 Å². The maximum absolute atomic E-state index is 10.8. The summed E-state index contributed by atoms with van der Waals surface area (Å²) < 4.78 is 0. The van der Waals surface area contributed by atoms with Crippen LogP contribution in [0.5, 0.6) is 0 Å². The minimum atomic E-state index is -0.432. The van der Waals surface area contributed by atoms with Crippen LogP contribution in [0.15, 0.2) is 52.7 Å². The van der Waals surface area contributed by atoms with Gasteiger partial charge in [-0.3, -0.25) is 15.5 Å². The molecule has 112 valence electrons. The van der Waals surface area contributed by atoms with Crippen LogP contribution >= 0.6 is 0 Å². The first-order valence-corrected chi connectivity index (χ1v) is 6.82. The molecule has 5 nitrogen and oxygen atoms in total. The highest BCUT2D eigenvalue weighted by atomic mass is 16.6. The van der Waals surface area contributed by atoms with Gasteiger partial charge in [-0.25, -0.2) is 0 Å². The molecule has 1 aromatic rings. The van der Waals surface area contributed by atoms with E-state index in [2.05, 4.69) is 30.5 Å². The number of anilines is 1. The molecular formula is C16H21N3O2. The van der Waals surface area contributed by atoms with Gasteiger partial charge in [-0.15, -0.1) is 0 Å². The van der Waals surface area contributed by atoms with E-state index in [4.69, 9.17) is 0 Å². The number of nitro groups is 1. The Balaban J connectivity index is 2.55. The molecule has 0 amide bonds. The fraction of sp³-hybridized carbons (Fsp3) is 0.312. The molecular weight excluding hydrogens is 266 g/mol. The standard InChI is InChI=1S/C16H21N3O2/c1-13(2)7-6-8-14(3)11-12-17-18-15-9-4-5-10-16(15)19(20)21/h4-5,7,9-12,18H,6,8H2,1-3H3. The summed E-state index contributed by atoms with van der Waals surface area (Å²) in [5.74, 6) is 0. The third kappa shape index (κ3) is 6.51. The van der Waals surface area contributed by atoms with E-state index < -0.39 is 4.92 Å². The molecule has 0 unspecified atom stereocenters.